The van der Waals surface area contributed by atoms with Gasteiger partial charge in [-0.3, -0.25) is 4.79 Å². The summed E-state index contributed by atoms with van der Waals surface area (Å²) in [5, 5.41) is -0.426. The third-order valence-corrected chi connectivity index (χ3v) is 4.05. The summed E-state index contributed by atoms with van der Waals surface area (Å²) in [5.41, 5.74) is 0.758. The fourth-order valence-electron chi connectivity index (χ4n) is 2.37. The van der Waals surface area contributed by atoms with Gasteiger partial charge < -0.3 is 4.74 Å². The van der Waals surface area contributed by atoms with Crippen molar-refractivity contribution < 1.29 is 18.3 Å². The Morgan fingerprint density at radius 3 is 2.61 bits per heavy atom. The van der Waals surface area contributed by atoms with Gasteiger partial charge in [0, 0.05) is 0 Å². The van der Waals surface area contributed by atoms with E-state index in [4.69, 9.17) is 11.6 Å². The van der Waals surface area contributed by atoms with Crippen molar-refractivity contribution >= 4 is 16.8 Å². The van der Waals surface area contributed by atoms with Crippen molar-refractivity contribution in [3.8, 4) is 5.75 Å². The van der Waals surface area contributed by atoms with Gasteiger partial charge in [-0.25, -0.2) is 0 Å². The number of hydrogen-bond acceptors (Lipinski definition) is 2. The van der Waals surface area contributed by atoms with Crippen molar-refractivity contribution in [2.75, 3.05) is 0 Å². The SMILES string of the molecule is O=C(Cl)C1(c2ccc3c(c2)OC(F)(F)CC3)CC1. The summed E-state index contributed by atoms with van der Waals surface area (Å²) in [6, 6.07) is 5.08. The molecular weight excluding hydrogens is 262 g/mol. The molecule has 2 aliphatic rings. The van der Waals surface area contributed by atoms with E-state index in [1.807, 2.05) is 0 Å². The highest BCUT2D eigenvalue weighted by molar-refractivity contribution is 6.66. The molecule has 1 aliphatic heterocycles. The third kappa shape index (κ3) is 1.79. The topological polar surface area (TPSA) is 26.3 Å². The van der Waals surface area contributed by atoms with Gasteiger partial charge in [-0.1, -0.05) is 12.1 Å². The summed E-state index contributed by atoms with van der Waals surface area (Å²) in [4.78, 5) is 11.4. The highest BCUT2D eigenvalue weighted by atomic mass is 35.5. The molecule has 5 heteroatoms. The van der Waals surface area contributed by atoms with Gasteiger partial charge >= 0.3 is 6.11 Å². The second-order valence-electron chi connectivity index (χ2n) is 4.92. The summed E-state index contributed by atoms with van der Waals surface area (Å²) in [7, 11) is 0. The first-order valence-corrected chi connectivity index (χ1v) is 6.21. The minimum absolute atomic E-state index is 0.174. The summed E-state index contributed by atoms with van der Waals surface area (Å²) in [5.74, 6) is 0.174. The monoisotopic (exact) mass is 272 g/mol. The van der Waals surface area contributed by atoms with Gasteiger partial charge in [0.05, 0.1) is 11.8 Å². The molecule has 3 rings (SSSR count). The van der Waals surface area contributed by atoms with Crippen LogP contribution in [0.25, 0.3) is 0 Å². The number of rotatable bonds is 2. The van der Waals surface area contributed by atoms with Crippen LogP contribution >= 0.6 is 11.6 Å². The van der Waals surface area contributed by atoms with Crippen LogP contribution in [0.3, 0.4) is 0 Å². The first-order valence-electron chi connectivity index (χ1n) is 5.83. The Balaban J connectivity index is 1.99. The van der Waals surface area contributed by atoms with Crippen LogP contribution in [0.2, 0.25) is 0 Å². The average molecular weight is 273 g/mol. The zero-order valence-corrected chi connectivity index (χ0v) is 10.3. The van der Waals surface area contributed by atoms with Gasteiger partial charge in [-0.05, 0) is 48.1 Å². The van der Waals surface area contributed by atoms with Crippen LogP contribution in [-0.2, 0) is 16.6 Å². The minimum Gasteiger partial charge on any atom is -0.432 e. The van der Waals surface area contributed by atoms with Crippen molar-refractivity contribution in [1.29, 1.82) is 0 Å². The molecule has 0 saturated heterocycles. The number of benzene rings is 1. The Kier molecular flexibility index (Phi) is 2.43. The minimum atomic E-state index is -3.12. The quantitative estimate of drug-likeness (QED) is 0.771. The van der Waals surface area contributed by atoms with Gasteiger partial charge in [-0.15, -0.1) is 0 Å². The summed E-state index contributed by atoms with van der Waals surface area (Å²) in [6.07, 6.45) is -1.80. The van der Waals surface area contributed by atoms with Gasteiger partial charge in [0.2, 0.25) is 5.24 Å². The van der Waals surface area contributed by atoms with E-state index in [2.05, 4.69) is 4.74 Å². The van der Waals surface area contributed by atoms with Crippen LogP contribution in [0, 0.1) is 0 Å². The predicted molar refractivity (Wildman–Crippen MR) is 62.1 cm³/mol. The van der Waals surface area contributed by atoms with E-state index in [1.165, 1.54) is 6.07 Å². The van der Waals surface area contributed by atoms with E-state index < -0.39 is 16.8 Å². The Bertz CT molecular complexity index is 524. The summed E-state index contributed by atoms with van der Waals surface area (Å²) >= 11 is 5.58. The smallest absolute Gasteiger partial charge is 0.398 e. The number of alkyl halides is 2. The van der Waals surface area contributed by atoms with Crippen LogP contribution in [0.4, 0.5) is 8.78 Å². The molecule has 1 heterocycles. The number of fused-ring (bicyclic) bond motifs is 1. The summed E-state index contributed by atoms with van der Waals surface area (Å²) < 4.78 is 31.0. The Hall–Kier alpha value is -1.16. The third-order valence-electron chi connectivity index (χ3n) is 3.69. The number of hydrogen-bond donors (Lipinski definition) is 0. The van der Waals surface area contributed by atoms with Gasteiger partial charge in [0.15, 0.2) is 0 Å². The molecule has 18 heavy (non-hydrogen) atoms. The maximum atomic E-state index is 13.2. The van der Waals surface area contributed by atoms with Gasteiger partial charge in [-0.2, -0.15) is 8.78 Å². The standard InChI is InChI=1S/C13H11ClF2O2/c14-11(17)12(5-6-12)9-2-1-8-3-4-13(15,16)18-10(8)7-9/h1-2,7H,3-6H2. The lowest BCUT2D eigenvalue weighted by Crippen LogP contribution is -2.30. The lowest BCUT2D eigenvalue weighted by molar-refractivity contribution is -0.187. The largest absolute Gasteiger partial charge is 0.432 e. The molecule has 0 atom stereocenters. The maximum Gasteiger partial charge on any atom is 0.398 e. The van der Waals surface area contributed by atoms with E-state index in [1.54, 1.807) is 12.1 Å². The zero-order chi connectivity index (χ0) is 13.0. The molecule has 1 aliphatic carbocycles. The first-order chi connectivity index (χ1) is 8.43. The molecule has 1 saturated carbocycles. The van der Waals surface area contributed by atoms with E-state index >= 15 is 0 Å². The molecule has 1 fully saturated rings. The second-order valence-corrected chi connectivity index (χ2v) is 5.26. The average Bonchev–Trinajstić information content (AvgIpc) is 3.07. The van der Waals surface area contributed by atoms with Crippen molar-refractivity contribution in [3.63, 3.8) is 0 Å². The predicted octanol–water partition coefficient (Wildman–Crippen LogP) is 3.40. The molecule has 0 aromatic heterocycles. The van der Waals surface area contributed by atoms with Crippen LogP contribution in [-0.4, -0.2) is 11.4 Å². The molecule has 0 bridgehead atoms. The van der Waals surface area contributed by atoms with E-state index in [0.717, 1.165) is 5.56 Å². The fraction of sp³-hybridized carbons (Fsp3) is 0.462. The molecule has 0 unspecified atom stereocenters. The van der Waals surface area contributed by atoms with Gasteiger partial charge in [0.25, 0.3) is 0 Å². The summed E-state index contributed by atoms with van der Waals surface area (Å²) in [6.45, 7) is 0. The van der Waals surface area contributed by atoms with E-state index in [-0.39, 0.29) is 18.6 Å². The Morgan fingerprint density at radius 2 is 2.00 bits per heavy atom. The van der Waals surface area contributed by atoms with Crippen LogP contribution in [0.5, 0.6) is 5.75 Å². The molecule has 1 aromatic rings. The fourth-order valence-corrected chi connectivity index (χ4v) is 2.67. The first kappa shape index (κ1) is 11.9. The molecule has 96 valence electrons. The normalized spacial score (nSPS) is 22.8. The number of ether oxygens (including phenoxy) is 1. The zero-order valence-electron chi connectivity index (χ0n) is 9.51. The number of carbonyl (C=O) groups is 1. The Morgan fingerprint density at radius 1 is 1.28 bits per heavy atom. The lowest BCUT2D eigenvalue weighted by Gasteiger charge is -2.26. The van der Waals surface area contributed by atoms with Crippen molar-refractivity contribution in [2.24, 2.45) is 0 Å². The number of halogens is 3. The van der Waals surface area contributed by atoms with Crippen molar-refractivity contribution in [1.82, 2.24) is 0 Å². The van der Waals surface area contributed by atoms with E-state index in [9.17, 15) is 13.6 Å². The molecule has 0 radical (unpaired) electrons. The molecule has 0 spiro atoms. The molecule has 2 nitrogen and oxygen atoms in total. The maximum absolute atomic E-state index is 13.2. The Labute approximate surface area is 108 Å². The molecule has 1 aromatic carbocycles. The van der Waals surface area contributed by atoms with Crippen molar-refractivity contribution in [2.45, 2.75) is 37.2 Å². The van der Waals surface area contributed by atoms with Crippen LogP contribution < -0.4 is 4.74 Å². The second kappa shape index (κ2) is 3.67. The molecule has 0 amide bonds. The van der Waals surface area contributed by atoms with Crippen molar-refractivity contribution in [3.05, 3.63) is 29.3 Å². The number of carbonyl (C=O) groups excluding carboxylic acids is 1. The molecular formula is C13H11ClF2O2. The van der Waals surface area contributed by atoms with E-state index in [0.29, 0.717) is 18.4 Å². The highest BCUT2D eigenvalue weighted by Gasteiger charge is 2.51. The molecule has 0 N–H and O–H groups in total. The van der Waals surface area contributed by atoms with Crippen LogP contribution in [0.1, 0.15) is 30.4 Å². The highest BCUT2D eigenvalue weighted by Crippen LogP contribution is 2.51. The lowest BCUT2D eigenvalue weighted by atomic mass is 9.94. The number of aryl methyl sites for hydroxylation is 1. The van der Waals surface area contributed by atoms with Gasteiger partial charge in [0.1, 0.15) is 5.75 Å². The van der Waals surface area contributed by atoms with Crippen LogP contribution in [0.15, 0.2) is 18.2 Å².